The molecule has 0 bridgehead atoms. The normalized spacial score (nSPS) is 21.4. The van der Waals surface area contributed by atoms with Gasteiger partial charge in [0.2, 0.25) is 0 Å². The first-order valence-electron chi connectivity index (χ1n) is 8.69. The van der Waals surface area contributed by atoms with Gasteiger partial charge in [-0.05, 0) is 25.1 Å². The number of carbonyl (C=O) groups excluding carboxylic acids is 4. The average molecular weight is 398 g/mol. The second-order valence-corrected chi connectivity index (χ2v) is 7.21. The SMILES string of the molecule is CC1(c2ccccc2Cl)NC(=O)N(CCN2C(=O)c3ccccc3C2=O)C1=O. The van der Waals surface area contributed by atoms with Gasteiger partial charge in [0.05, 0.1) is 11.1 Å². The molecule has 5 amide bonds. The van der Waals surface area contributed by atoms with Gasteiger partial charge in [-0.25, -0.2) is 4.79 Å². The molecule has 0 aliphatic carbocycles. The fourth-order valence-corrected chi connectivity index (χ4v) is 3.92. The minimum Gasteiger partial charge on any atom is -0.319 e. The number of amides is 5. The quantitative estimate of drug-likeness (QED) is 0.634. The van der Waals surface area contributed by atoms with E-state index in [0.29, 0.717) is 21.7 Å². The number of halogens is 1. The minimum atomic E-state index is -1.31. The van der Waals surface area contributed by atoms with Crippen molar-refractivity contribution in [3.63, 3.8) is 0 Å². The Labute approximate surface area is 165 Å². The molecule has 0 radical (unpaired) electrons. The van der Waals surface area contributed by atoms with Gasteiger partial charge in [-0.2, -0.15) is 0 Å². The van der Waals surface area contributed by atoms with Crippen LogP contribution in [-0.2, 0) is 10.3 Å². The van der Waals surface area contributed by atoms with Crippen LogP contribution < -0.4 is 5.32 Å². The summed E-state index contributed by atoms with van der Waals surface area (Å²) >= 11 is 6.21. The summed E-state index contributed by atoms with van der Waals surface area (Å²) in [7, 11) is 0. The molecular weight excluding hydrogens is 382 g/mol. The summed E-state index contributed by atoms with van der Waals surface area (Å²) in [4.78, 5) is 52.4. The van der Waals surface area contributed by atoms with Crippen LogP contribution in [0, 0.1) is 0 Å². The molecule has 2 aliphatic rings. The maximum Gasteiger partial charge on any atom is 0.325 e. The van der Waals surface area contributed by atoms with Gasteiger partial charge in [0, 0.05) is 23.7 Å². The van der Waals surface area contributed by atoms with Crippen molar-refractivity contribution in [2.24, 2.45) is 0 Å². The van der Waals surface area contributed by atoms with E-state index in [9.17, 15) is 19.2 Å². The van der Waals surface area contributed by atoms with Gasteiger partial charge in [0.25, 0.3) is 17.7 Å². The molecular formula is C20H16ClN3O4. The van der Waals surface area contributed by atoms with E-state index in [0.717, 1.165) is 9.80 Å². The third kappa shape index (κ3) is 2.58. The van der Waals surface area contributed by atoms with Crippen LogP contribution in [0.15, 0.2) is 48.5 Å². The molecule has 4 rings (SSSR count). The highest BCUT2D eigenvalue weighted by atomic mass is 35.5. The predicted octanol–water partition coefficient (Wildman–Crippen LogP) is 2.40. The van der Waals surface area contributed by atoms with Crippen LogP contribution in [0.25, 0.3) is 0 Å². The molecule has 0 saturated carbocycles. The molecule has 1 atom stereocenters. The van der Waals surface area contributed by atoms with E-state index in [1.807, 2.05) is 0 Å². The summed E-state index contributed by atoms with van der Waals surface area (Å²) in [6, 6.07) is 12.7. The molecule has 2 heterocycles. The van der Waals surface area contributed by atoms with Crippen molar-refractivity contribution < 1.29 is 19.2 Å². The Kier molecular flexibility index (Phi) is 4.19. The Morgan fingerprint density at radius 1 is 0.857 bits per heavy atom. The summed E-state index contributed by atoms with van der Waals surface area (Å²) < 4.78 is 0. The van der Waals surface area contributed by atoms with Gasteiger partial charge < -0.3 is 5.32 Å². The van der Waals surface area contributed by atoms with Crippen molar-refractivity contribution in [3.8, 4) is 0 Å². The Morgan fingerprint density at radius 2 is 1.39 bits per heavy atom. The molecule has 28 heavy (non-hydrogen) atoms. The maximum atomic E-state index is 13.0. The van der Waals surface area contributed by atoms with Crippen LogP contribution >= 0.6 is 11.6 Å². The molecule has 1 saturated heterocycles. The van der Waals surface area contributed by atoms with Crippen LogP contribution in [-0.4, -0.2) is 46.6 Å². The zero-order chi connectivity index (χ0) is 20.1. The number of rotatable bonds is 4. The van der Waals surface area contributed by atoms with Gasteiger partial charge in [-0.3, -0.25) is 24.2 Å². The maximum absolute atomic E-state index is 13.0. The van der Waals surface area contributed by atoms with E-state index in [1.54, 1.807) is 55.5 Å². The minimum absolute atomic E-state index is 0.0793. The third-order valence-corrected chi connectivity index (χ3v) is 5.44. The molecule has 2 aliphatic heterocycles. The molecule has 1 unspecified atom stereocenters. The molecule has 8 heteroatoms. The van der Waals surface area contributed by atoms with Crippen LogP contribution in [0.2, 0.25) is 5.02 Å². The lowest BCUT2D eigenvalue weighted by Crippen LogP contribution is -2.43. The summed E-state index contributed by atoms with van der Waals surface area (Å²) in [5.74, 6) is -1.34. The Balaban J connectivity index is 1.53. The fourth-order valence-electron chi connectivity index (χ4n) is 3.59. The number of hydrogen-bond acceptors (Lipinski definition) is 4. The summed E-state index contributed by atoms with van der Waals surface area (Å²) in [5.41, 5.74) is -0.174. The second-order valence-electron chi connectivity index (χ2n) is 6.80. The molecule has 142 valence electrons. The number of fused-ring (bicyclic) bond motifs is 1. The zero-order valence-electron chi connectivity index (χ0n) is 14.9. The van der Waals surface area contributed by atoms with Crippen LogP contribution in [0.4, 0.5) is 4.79 Å². The monoisotopic (exact) mass is 397 g/mol. The lowest BCUT2D eigenvalue weighted by atomic mass is 9.92. The molecule has 2 aromatic rings. The first kappa shape index (κ1) is 18.2. The van der Waals surface area contributed by atoms with E-state index >= 15 is 0 Å². The van der Waals surface area contributed by atoms with Crippen molar-refractivity contribution in [3.05, 3.63) is 70.2 Å². The number of hydrogen-bond donors (Lipinski definition) is 1. The van der Waals surface area contributed by atoms with Gasteiger partial charge in [0.15, 0.2) is 0 Å². The number of carbonyl (C=O) groups is 4. The highest BCUT2D eigenvalue weighted by molar-refractivity contribution is 6.32. The van der Waals surface area contributed by atoms with Gasteiger partial charge in [0.1, 0.15) is 5.54 Å². The molecule has 1 N–H and O–H groups in total. The van der Waals surface area contributed by atoms with Crippen molar-refractivity contribution in [2.75, 3.05) is 13.1 Å². The Hall–Kier alpha value is -3.19. The molecule has 0 spiro atoms. The Bertz CT molecular complexity index is 1000. The molecule has 2 aromatic carbocycles. The lowest BCUT2D eigenvalue weighted by molar-refractivity contribution is -0.131. The highest BCUT2D eigenvalue weighted by Gasteiger charge is 2.50. The largest absolute Gasteiger partial charge is 0.325 e. The predicted molar refractivity (Wildman–Crippen MR) is 101 cm³/mol. The summed E-state index contributed by atoms with van der Waals surface area (Å²) in [5, 5.41) is 3.03. The third-order valence-electron chi connectivity index (χ3n) is 5.11. The molecule has 0 aromatic heterocycles. The van der Waals surface area contributed by atoms with Crippen molar-refractivity contribution in [1.82, 2.24) is 15.1 Å². The molecule has 1 fully saturated rings. The zero-order valence-corrected chi connectivity index (χ0v) is 15.7. The van der Waals surface area contributed by atoms with E-state index in [4.69, 9.17) is 11.6 Å². The Morgan fingerprint density at radius 3 is 2.00 bits per heavy atom. The van der Waals surface area contributed by atoms with Gasteiger partial charge in [-0.15, -0.1) is 0 Å². The smallest absolute Gasteiger partial charge is 0.319 e. The first-order chi connectivity index (χ1) is 13.3. The van der Waals surface area contributed by atoms with Crippen LogP contribution in [0.1, 0.15) is 33.2 Å². The van der Waals surface area contributed by atoms with E-state index < -0.39 is 29.3 Å². The standard InChI is InChI=1S/C20H16ClN3O4/c1-20(14-8-4-5-9-15(14)21)18(27)24(19(28)22-20)11-10-23-16(25)12-6-2-3-7-13(12)17(23)26/h2-9H,10-11H2,1H3,(H,22,28). The van der Waals surface area contributed by atoms with Crippen molar-refractivity contribution >= 4 is 35.4 Å². The van der Waals surface area contributed by atoms with E-state index in [-0.39, 0.29) is 13.1 Å². The number of nitrogens with one attached hydrogen (secondary N) is 1. The van der Waals surface area contributed by atoms with Crippen LogP contribution in [0.3, 0.4) is 0 Å². The highest BCUT2D eigenvalue weighted by Crippen LogP contribution is 2.33. The topological polar surface area (TPSA) is 86.8 Å². The van der Waals surface area contributed by atoms with E-state index in [1.165, 1.54) is 0 Å². The number of imide groups is 2. The van der Waals surface area contributed by atoms with E-state index in [2.05, 4.69) is 5.32 Å². The van der Waals surface area contributed by atoms with Crippen LogP contribution in [0.5, 0.6) is 0 Å². The second kappa shape index (κ2) is 6.45. The lowest BCUT2D eigenvalue weighted by Gasteiger charge is -2.24. The van der Waals surface area contributed by atoms with Gasteiger partial charge >= 0.3 is 6.03 Å². The fraction of sp³-hybridized carbons (Fsp3) is 0.200. The van der Waals surface area contributed by atoms with Gasteiger partial charge in [-0.1, -0.05) is 41.9 Å². The number of urea groups is 1. The van der Waals surface area contributed by atoms with Crippen molar-refractivity contribution in [1.29, 1.82) is 0 Å². The van der Waals surface area contributed by atoms with Crippen molar-refractivity contribution in [2.45, 2.75) is 12.5 Å². The number of benzene rings is 2. The first-order valence-corrected chi connectivity index (χ1v) is 9.07. The average Bonchev–Trinajstić information content (AvgIpc) is 3.05. The number of nitrogens with zero attached hydrogens (tertiary/aromatic N) is 2. The summed E-state index contributed by atoms with van der Waals surface area (Å²) in [6.07, 6.45) is 0. The molecule has 7 nitrogen and oxygen atoms in total. The summed E-state index contributed by atoms with van der Waals surface area (Å²) in [6.45, 7) is 1.40.